The van der Waals surface area contributed by atoms with E-state index in [0.29, 0.717) is 23.3 Å². The molecule has 2 N–H and O–H groups in total. The van der Waals surface area contributed by atoms with Gasteiger partial charge in [0.2, 0.25) is 0 Å². The van der Waals surface area contributed by atoms with E-state index < -0.39 is 0 Å². The lowest BCUT2D eigenvalue weighted by molar-refractivity contribution is 0.393. The van der Waals surface area contributed by atoms with Crippen molar-refractivity contribution < 1.29 is 0 Å². The van der Waals surface area contributed by atoms with Crippen LogP contribution < -0.4 is 10.6 Å². The maximum Gasteiger partial charge on any atom is 0.153 e. The molecule has 0 aromatic carbocycles. The molecule has 0 atom stereocenters. The first-order valence-corrected chi connectivity index (χ1v) is 9.27. The number of pyridine rings is 1. The summed E-state index contributed by atoms with van der Waals surface area (Å²) < 4.78 is 2.28. The van der Waals surface area contributed by atoms with Crippen molar-refractivity contribution in [3.8, 4) is 6.07 Å². The van der Waals surface area contributed by atoms with E-state index in [4.69, 9.17) is 10.4 Å². The number of hydrogen-bond donors (Lipinski definition) is 2. The number of piperidine rings is 1. The third kappa shape index (κ3) is 3.52. The predicted molar refractivity (Wildman–Crippen MR) is 96.8 cm³/mol. The lowest BCUT2D eigenvalue weighted by atomic mass is 9.94. The Kier molecular flexibility index (Phi) is 4.66. The first-order valence-electron chi connectivity index (χ1n) is 9.27. The standard InChI is InChI=1S/C19H24N6/c20-13-14-5-10-22-18(11-14)23-19-12-17(15-6-8-21-9-7-15)25(24-19)16-3-1-2-4-16/h5,10-12,15-16,21H,1-4,6-9H2,(H,22,23,24). The largest absolute Gasteiger partial charge is 0.323 e. The van der Waals surface area contributed by atoms with Gasteiger partial charge < -0.3 is 10.6 Å². The zero-order chi connectivity index (χ0) is 17.1. The second kappa shape index (κ2) is 7.24. The third-order valence-corrected chi connectivity index (χ3v) is 5.34. The minimum atomic E-state index is 0.527. The highest BCUT2D eigenvalue weighted by molar-refractivity contribution is 5.54. The molecule has 0 unspecified atom stereocenters. The highest BCUT2D eigenvalue weighted by Crippen LogP contribution is 2.36. The van der Waals surface area contributed by atoms with Gasteiger partial charge in [0.05, 0.1) is 17.7 Å². The predicted octanol–water partition coefficient (Wildman–Crippen LogP) is 3.48. The number of nitrogens with zero attached hydrogens (tertiary/aromatic N) is 4. The molecular weight excluding hydrogens is 312 g/mol. The van der Waals surface area contributed by atoms with E-state index in [9.17, 15) is 0 Å². The molecule has 130 valence electrons. The fraction of sp³-hybridized carbons (Fsp3) is 0.526. The molecular formula is C19H24N6. The molecule has 6 nitrogen and oxygen atoms in total. The maximum absolute atomic E-state index is 9.06. The van der Waals surface area contributed by atoms with E-state index in [0.717, 1.165) is 18.9 Å². The molecule has 0 radical (unpaired) electrons. The van der Waals surface area contributed by atoms with Gasteiger partial charge in [0, 0.05) is 23.9 Å². The van der Waals surface area contributed by atoms with Gasteiger partial charge in [-0.25, -0.2) is 4.98 Å². The van der Waals surface area contributed by atoms with E-state index in [1.165, 1.54) is 44.2 Å². The summed E-state index contributed by atoms with van der Waals surface area (Å²) in [5.41, 5.74) is 1.96. The van der Waals surface area contributed by atoms with E-state index in [2.05, 4.69) is 32.4 Å². The quantitative estimate of drug-likeness (QED) is 0.894. The summed E-state index contributed by atoms with van der Waals surface area (Å²) in [6.07, 6.45) is 9.03. The van der Waals surface area contributed by atoms with Crippen LogP contribution in [0.5, 0.6) is 0 Å². The molecule has 2 fully saturated rings. The number of anilines is 2. The van der Waals surface area contributed by atoms with Gasteiger partial charge >= 0.3 is 0 Å². The van der Waals surface area contributed by atoms with Crippen LogP contribution in [0.25, 0.3) is 0 Å². The number of rotatable bonds is 4. The molecule has 2 aromatic rings. The first kappa shape index (κ1) is 16.1. The summed E-state index contributed by atoms with van der Waals surface area (Å²) in [6.45, 7) is 2.16. The zero-order valence-corrected chi connectivity index (χ0v) is 14.4. The van der Waals surface area contributed by atoms with E-state index in [1.54, 1.807) is 18.3 Å². The Morgan fingerprint density at radius 3 is 2.68 bits per heavy atom. The summed E-state index contributed by atoms with van der Waals surface area (Å²) >= 11 is 0. The minimum absolute atomic E-state index is 0.527. The van der Waals surface area contributed by atoms with Gasteiger partial charge in [-0.15, -0.1) is 0 Å². The maximum atomic E-state index is 9.06. The third-order valence-electron chi connectivity index (χ3n) is 5.34. The summed E-state index contributed by atoms with van der Waals surface area (Å²) in [5, 5.41) is 20.7. The molecule has 2 aromatic heterocycles. The van der Waals surface area contributed by atoms with Crippen LogP contribution in [0.1, 0.15) is 61.7 Å². The first-order chi connectivity index (χ1) is 12.3. The molecule has 4 rings (SSSR count). The van der Waals surface area contributed by atoms with Gasteiger partial charge in [-0.3, -0.25) is 4.68 Å². The Morgan fingerprint density at radius 1 is 1.12 bits per heavy atom. The highest BCUT2D eigenvalue weighted by Gasteiger charge is 2.26. The number of aromatic nitrogens is 3. The van der Waals surface area contributed by atoms with Gasteiger partial charge in [-0.2, -0.15) is 10.4 Å². The van der Waals surface area contributed by atoms with Crippen molar-refractivity contribution in [3.63, 3.8) is 0 Å². The summed E-state index contributed by atoms with van der Waals surface area (Å²) in [6, 6.07) is 8.34. The fourth-order valence-corrected chi connectivity index (χ4v) is 4.03. The number of hydrogen-bond acceptors (Lipinski definition) is 5. The molecule has 0 spiro atoms. The monoisotopic (exact) mass is 336 g/mol. The molecule has 0 bridgehead atoms. The Bertz CT molecular complexity index is 762. The van der Waals surface area contributed by atoms with E-state index >= 15 is 0 Å². The van der Waals surface area contributed by atoms with Crippen LogP contribution in [-0.2, 0) is 0 Å². The second-order valence-corrected chi connectivity index (χ2v) is 7.03. The second-order valence-electron chi connectivity index (χ2n) is 7.03. The normalized spacial score (nSPS) is 19.0. The Balaban J connectivity index is 1.62. The average Bonchev–Trinajstić information content (AvgIpc) is 3.32. The highest BCUT2D eigenvalue weighted by atomic mass is 15.3. The molecule has 1 aliphatic carbocycles. The van der Waals surface area contributed by atoms with Crippen LogP contribution in [-0.4, -0.2) is 27.9 Å². The fourth-order valence-electron chi connectivity index (χ4n) is 4.03. The summed E-state index contributed by atoms with van der Waals surface area (Å²) in [5.74, 6) is 2.08. The van der Waals surface area contributed by atoms with Crippen LogP contribution in [0, 0.1) is 11.3 Å². The Morgan fingerprint density at radius 2 is 1.92 bits per heavy atom. The van der Waals surface area contributed by atoms with Gasteiger partial charge in [0.1, 0.15) is 5.82 Å². The van der Waals surface area contributed by atoms with Gasteiger partial charge in [-0.05, 0) is 50.9 Å². The van der Waals surface area contributed by atoms with Crippen molar-refractivity contribution in [3.05, 3.63) is 35.7 Å². The van der Waals surface area contributed by atoms with Gasteiger partial charge in [-0.1, -0.05) is 12.8 Å². The van der Waals surface area contributed by atoms with E-state index in [1.807, 2.05) is 0 Å². The van der Waals surface area contributed by atoms with Crippen LogP contribution >= 0.6 is 0 Å². The van der Waals surface area contributed by atoms with Crippen LogP contribution in [0.15, 0.2) is 24.4 Å². The lowest BCUT2D eigenvalue weighted by Crippen LogP contribution is -2.28. The zero-order valence-electron chi connectivity index (χ0n) is 14.4. The van der Waals surface area contributed by atoms with Crippen LogP contribution in [0.2, 0.25) is 0 Å². The van der Waals surface area contributed by atoms with Crippen molar-refractivity contribution in [1.29, 1.82) is 5.26 Å². The SMILES string of the molecule is N#Cc1ccnc(Nc2cc(C3CCNCC3)n(C3CCCC3)n2)c1. The van der Waals surface area contributed by atoms with E-state index in [-0.39, 0.29) is 0 Å². The molecule has 1 saturated carbocycles. The van der Waals surface area contributed by atoms with Crippen LogP contribution in [0.4, 0.5) is 11.6 Å². The van der Waals surface area contributed by atoms with Crippen molar-refractivity contribution in [1.82, 2.24) is 20.1 Å². The molecule has 6 heteroatoms. The van der Waals surface area contributed by atoms with Crippen molar-refractivity contribution in [2.45, 2.75) is 50.5 Å². The molecule has 1 saturated heterocycles. The van der Waals surface area contributed by atoms with Crippen LogP contribution in [0.3, 0.4) is 0 Å². The summed E-state index contributed by atoms with van der Waals surface area (Å²) in [4.78, 5) is 4.31. The number of nitrogens with one attached hydrogen (secondary N) is 2. The smallest absolute Gasteiger partial charge is 0.153 e. The van der Waals surface area contributed by atoms with Gasteiger partial charge in [0.25, 0.3) is 0 Å². The van der Waals surface area contributed by atoms with Crippen molar-refractivity contribution in [2.24, 2.45) is 0 Å². The molecule has 1 aliphatic heterocycles. The lowest BCUT2D eigenvalue weighted by Gasteiger charge is -2.25. The van der Waals surface area contributed by atoms with Gasteiger partial charge in [0.15, 0.2) is 5.82 Å². The minimum Gasteiger partial charge on any atom is -0.323 e. The summed E-state index contributed by atoms with van der Waals surface area (Å²) in [7, 11) is 0. The molecule has 2 aliphatic rings. The Labute approximate surface area is 148 Å². The number of nitriles is 1. The molecule has 25 heavy (non-hydrogen) atoms. The topological polar surface area (TPSA) is 78.6 Å². The van der Waals surface area contributed by atoms with Crippen molar-refractivity contribution >= 4 is 11.6 Å². The molecule has 0 amide bonds. The van der Waals surface area contributed by atoms with Crippen molar-refractivity contribution in [2.75, 3.05) is 18.4 Å². The average molecular weight is 336 g/mol. The Hall–Kier alpha value is -2.39. The molecule has 3 heterocycles.